The third-order valence-corrected chi connectivity index (χ3v) is 2.38. The second kappa shape index (κ2) is 5.84. The van der Waals surface area contributed by atoms with Crippen LogP contribution in [0.4, 0.5) is 0 Å². The molecule has 0 saturated heterocycles. The molecule has 0 rings (SSSR count). The normalized spacial score (nSPS) is 16.6. The van der Waals surface area contributed by atoms with Gasteiger partial charge in [0, 0.05) is 6.04 Å². The van der Waals surface area contributed by atoms with Crippen molar-refractivity contribution in [3.8, 4) is 0 Å². The summed E-state index contributed by atoms with van der Waals surface area (Å²) in [6.07, 6.45) is 0.431. The largest absolute Gasteiger partial charge is 0.393 e. The summed E-state index contributed by atoms with van der Waals surface area (Å²) < 4.78 is 0. The molecule has 0 saturated carbocycles. The summed E-state index contributed by atoms with van der Waals surface area (Å²) in [7, 11) is 0. The zero-order valence-corrected chi connectivity index (χ0v) is 10.2. The summed E-state index contributed by atoms with van der Waals surface area (Å²) in [5.41, 5.74) is 6.02. The maximum Gasteiger partial charge on any atom is 0.0578 e. The molecule has 0 aromatic carbocycles. The highest BCUT2D eigenvalue weighted by atomic mass is 35.5. The molecule has 0 bridgehead atoms. The van der Waals surface area contributed by atoms with Gasteiger partial charge < -0.3 is 10.8 Å². The Bertz CT molecular complexity index is 131. The van der Waals surface area contributed by atoms with Gasteiger partial charge in [-0.05, 0) is 17.8 Å². The average molecular weight is 210 g/mol. The quantitative estimate of drug-likeness (QED) is 0.749. The van der Waals surface area contributed by atoms with Gasteiger partial charge in [-0.3, -0.25) is 0 Å². The van der Waals surface area contributed by atoms with Gasteiger partial charge in [-0.1, -0.05) is 34.6 Å². The van der Waals surface area contributed by atoms with Crippen LogP contribution < -0.4 is 5.73 Å². The van der Waals surface area contributed by atoms with Crippen LogP contribution in [0.15, 0.2) is 0 Å². The van der Waals surface area contributed by atoms with Crippen LogP contribution in [0.25, 0.3) is 0 Å². The van der Waals surface area contributed by atoms with E-state index in [9.17, 15) is 5.11 Å². The van der Waals surface area contributed by atoms with E-state index in [4.69, 9.17) is 5.73 Å². The van der Waals surface area contributed by atoms with Crippen molar-refractivity contribution >= 4 is 12.4 Å². The number of aliphatic hydroxyl groups excluding tert-OH is 1. The van der Waals surface area contributed by atoms with E-state index in [2.05, 4.69) is 20.8 Å². The molecule has 0 radical (unpaired) electrons. The molecule has 0 unspecified atom stereocenters. The Morgan fingerprint density at radius 1 is 1.23 bits per heavy atom. The minimum Gasteiger partial charge on any atom is -0.393 e. The molecule has 82 valence electrons. The first-order valence-electron chi connectivity index (χ1n) is 4.68. The lowest BCUT2D eigenvalue weighted by molar-refractivity contribution is 0.0915. The summed E-state index contributed by atoms with van der Waals surface area (Å²) in [6, 6.07) is 0.0786. The molecule has 0 aliphatic heterocycles. The minimum absolute atomic E-state index is 0. The molecule has 13 heavy (non-hydrogen) atoms. The molecular formula is C10H24ClNO. The zero-order chi connectivity index (χ0) is 9.94. The van der Waals surface area contributed by atoms with E-state index in [0.29, 0.717) is 12.3 Å². The fourth-order valence-electron chi connectivity index (χ4n) is 0.886. The summed E-state index contributed by atoms with van der Waals surface area (Å²) >= 11 is 0. The van der Waals surface area contributed by atoms with Gasteiger partial charge in [0.05, 0.1) is 6.10 Å². The van der Waals surface area contributed by atoms with Gasteiger partial charge in [-0.15, -0.1) is 12.4 Å². The van der Waals surface area contributed by atoms with Crippen LogP contribution >= 0.6 is 12.4 Å². The van der Waals surface area contributed by atoms with Crippen molar-refractivity contribution in [2.24, 2.45) is 17.1 Å². The number of nitrogens with two attached hydrogens (primary N) is 1. The fraction of sp³-hybridized carbons (Fsp3) is 1.00. The second-order valence-corrected chi connectivity index (χ2v) is 5.02. The monoisotopic (exact) mass is 209 g/mol. The van der Waals surface area contributed by atoms with Gasteiger partial charge in [0.2, 0.25) is 0 Å². The number of hydrogen-bond acceptors (Lipinski definition) is 2. The lowest BCUT2D eigenvalue weighted by atomic mass is 9.82. The van der Waals surface area contributed by atoms with Crippen LogP contribution in [0.1, 0.15) is 41.0 Å². The standard InChI is InChI=1S/C10H23NO.ClH/c1-7(2)8(12)6-9(11)10(3,4)5;/h7-9,12H,6,11H2,1-5H3;1H/t8-,9-;/m1./s1. The Balaban J connectivity index is 0. The number of aliphatic hydroxyl groups is 1. The van der Waals surface area contributed by atoms with Crippen molar-refractivity contribution < 1.29 is 5.11 Å². The number of halogens is 1. The fourth-order valence-corrected chi connectivity index (χ4v) is 0.886. The third kappa shape index (κ3) is 6.30. The first kappa shape index (κ1) is 15.7. The summed E-state index contributed by atoms with van der Waals surface area (Å²) in [6.45, 7) is 10.3. The maximum absolute atomic E-state index is 9.58. The van der Waals surface area contributed by atoms with Gasteiger partial charge in [-0.25, -0.2) is 0 Å². The van der Waals surface area contributed by atoms with Crippen LogP contribution in [0.2, 0.25) is 0 Å². The van der Waals surface area contributed by atoms with Gasteiger partial charge >= 0.3 is 0 Å². The predicted octanol–water partition coefficient (Wildman–Crippen LogP) is 2.19. The molecule has 2 nitrogen and oxygen atoms in total. The van der Waals surface area contributed by atoms with E-state index in [1.165, 1.54) is 0 Å². The topological polar surface area (TPSA) is 46.2 Å². The Kier molecular flexibility index (Phi) is 7.04. The molecule has 3 heteroatoms. The molecule has 0 fully saturated rings. The smallest absolute Gasteiger partial charge is 0.0578 e. The Labute approximate surface area is 88.3 Å². The van der Waals surface area contributed by atoms with Crippen LogP contribution in [0.3, 0.4) is 0 Å². The van der Waals surface area contributed by atoms with E-state index in [0.717, 1.165) is 0 Å². The Morgan fingerprint density at radius 3 is 1.85 bits per heavy atom. The van der Waals surface area contributed by atoms with Crippen molar-refractivity contribution in [2.45, 2.75) is 53.2 Å². The lowest BCUT2D eigenvalue weighted by Gasteiger charge is -2.29. The van der Waals surface area contributed by atoms with Crippen molar-refractivity contribution in [3.63, 3.8) is 0 Å². The van der Waals surface area contributed by atoms with E-state index in [1.54, 1.807) is 0 Å². The van der Waals surface area contributed by atoms with E-state index < -0.39 is 0 Å². The highest BCUT2D eigenvalue weighted by Crippen LogP contribution is 2.22. The molecular weight excluding hydrogens is 186 g/mol. The van der Waals surface area contributed by atoms with Gasteiger partial charge in [-0.2, -0.15) is 0 Å². The van der Waals surface area contributed by atoms with Gasteiger partial charge in [0.1, 0.15) is 0 Å². The van der Waals surface area contributed by atoms with Crippen molar-refractivity contribution in [3.05, 3.63) is 0 Å². The third-order valence-electron chi connectivity index (χ3n) is 2.38. The Hall–Kier alpha value is 0.210. The van der Waals surface area contributed by atoms with Gasteiger partial charge in [0.15, 0.2) is 0 Å². The maximum atomic E-state index is 9.58. The highest BCUT2D eigenvalue weighted by molar-refractivity contribution is 5.85. The molecule has 2 atom stereocenters. The Morgan fingerprint density at radius 2 is 1.62 bits per heavy atom. The average Bonchev–Trinajstić information content (AvgIpc) is 1.85. The lowest BCUT2D eigenvalue weighted by Crippen LogP contribution is -2.39. The van der Waals surface area contributed by atoms with Crippen molar-refractivity contribution in [2.75, 3.05) is 0 Å². The molecule has 3 N–H and O–H groups in total. The zero-order valence-electron chi connectivity index (χ0n) is 9.37. The van der Waals surface area contributed by atoms with Crippen LogP contribution in [-0.4, -0.2) is 17.3 Å². The summed E-state index contributed by atoms with van der Waals surface area (Å²) in [5, 5.41) is 9.58. The van der Waals surface area contributed by atoms with Crippen LogP contribution in [0, 0.1) is 11.3 Å². The minimum atomic E-state index is -0.265. The van der Waals surface area contributed by atoms with Crippen LogP contribution in [-0.2, 0) is 0 Å². The first-order chi connectivity index (χ1) is 5.25. The second-order valence-electron chi connectivity index (χ2n) is 5.02. The molecule has 0 spiro atoms. The predicted molar refractivity (Wildman–Crippen MR) is 60.1 cm³/mol. The molecule has 0 aliphatic carbocycles. The number of hydrogen-bond donors (Lipinski definition) is 2. The number of rotatable bonds is 3. The summed E-state index contributed by atoms with van der Waals surface area (Å²) in [4.78, 5) is 0. The van der Waals surface area contributed by atoms with Crippen LogP contribution in [0.5, 0.6) is 0 Å². The van der Waals surface area contributed by atoms with E-state index in [1.807, 2.05) is 13.8 Å². The molecule has 0 heterocycles. The highest BCUT2D eigenvalue weighted by Gasteiger charge is 2.24. The van der Waals surface area contributed by atoms with E-state index >= 15 is 0 Å². The molecule has 0 amide bonds. The summed E-state index contributed by atoms with van der Waals surface area (Å²) in [5.74, 6) is 0.304. The molecule has 0 aromatic heterocycles. The van der Waals surface area contributed by atoms with Crippen molar-refractivity contribution in [1.29, 1.82) is 0 Å². The van der Waals surface area contributed by atoms with E-state index in [-0.39, 0.29) is 30.0 Å². The van der Waals surface area contributed by atoms with Gasteiger partial charge in [0.25, 0.3) is 0 Å². The van der Waals surface area contributed by atoms with Crippen molar-refractivity contribution in [1.82, 2.24) is 0 Å². The SMILES string of the molecule is CC(C)[C@H](O)C[C@@H](N)C(C)(C)C.Cl. The molecule has 0 aliphatic rings. The first-order valence-corrected chi connectivity index (χ1v) is 4.68. The molecule has 0 aromatic rings.